The Bertz CT molecular complexity index is 1390. The second kappa shape index (κ2) is 16.7. The van der Waals surface area contributed by atoms with Gasteiger partial charge in [-0.1, -0.05) is 6.07 Å². The average Bonchev–Trinajstić information content (AvgIpc) is 2.94. The maximum Gasteiger partial charge on any atom is 0.490 e. The summed E-state index contributed by atoms with van der Waals surface area (Å²) in [6, 6.07) is 15.9. The van der Waals surface area contributed by atoms with Crippen LogP contribution in [-0.2, 0) is 16.1 Å². The Labute approximate surface area is 252 Å². The number of aromatic nitrogens is 1. The van der Waals surface area contributed by atoms with E-state index in [2.05, 4.69) is 4.98 Å². The topological polar surface area (TPSA) is 159 Å². The van der Waals surface area contributed by atoms with E-state index in [0.29, 0.717) is 30.2 Å². The van der Waals surface area contributed by atoms with Crippen molar-refractivity contribution in [3.05, 3.63) is 77.9 Å². The molecule has 246 valence electrons. The summed E-state index contributed by atoms with van der Waals surface area (Å²) in [6.07, 6.45) is -8.66. The summed E-state index contributed by atoms with van der Waals surface area (Å²) >= 11 is 0. The van der Waals surface area contributed by atoms with Crippen LogP contribution in [0.5, 0.6) is 11.5 Å². The minimum atomic E-state index is -5.08. The summed E-state index contributed by atoms with van der Waals surface area (Å²) in [5, 5.41) is 21.9. The lowest BCUT2D eigenvalue weighted by atomic mass is 10.1. The minimum Gasteiger partial charge on any atom is -0.494 e. The summed E-state index contributed by atoms with van der Waals surface area (Å²) in [4.78, 5) is 24.0. The lowest BCUT2D eigenvalue weighted by Crippen LogP contribution is -2.21. The van der Waals surface area contributed by atoms with Gasteiger partial charge in [-0.15, -0.1) is 0 Å². The van der Waals surface area contributed by atoms with Crippen LogP contribution in [-0.4, -0.2) is 58.0 Å². The Kier molecular flexibility index (Phi) is 14.1. The van der Waals surface area contributed by atoms with Crippen LogP contribution < -0.4 is 20.1 Å². The van der Waals surface area contributed by atoms with Gasteiger partial charge in [0.15, 0.2) is 11.6 Å². The van der Waals surface area contributed by atoms with E-state index in [9.17, 15) is 26.3 Å². The van der Waals surface area contributed by atoms with Crippen LogP contribution in [0.4, 0.5) is 42.1 Å². The highest BCUT2D eigenvalue weighted by molar-refractivity contribution is 5.95. The molecule has 2 aromatic carbocycles. The predicted octanol–water partition coefficient (Wildman–Crippen LogP) is 6.30. The van der Waals surface area contributed by atoms with E-state index in [1.807, 2.05) is 39.0 Å². The van der Waals surface area contributed by atoms with Crippen LogP contribution >= 0.6 is 0 Å². The number of pyridine rings is 1. The van der Waals surface area contributed by atoms with Gasteiger partial charge in [-0.2, -0.15) is 26.3 Å². The Morgan fingerprint density at radius 3 is 1.91 bits per heavy atom. The molecule has 17 heteroatoms. The van der Waals surface area contributed by atoms with Crippen LogP contribution in [0.15, 0.2) is 60.8 Å². The summed E-state index contributed by atoms with van der Waals surface area (Å²) in [7, 11) is 0. The van der Waals surface area contributed by atoms with E-state index in [1.54, 1.807) is 47.5 Å². The molecule has 0 aliphatic carbocycles. The van der Waals surface area contributed by atoms with Gasteiger partial charge in [0.25, 0.3) is 0 Å². The third kappa shape index (κ3) is 13.0. The molecule has 0 aliphatic rings. The Balaban J connectivity index is 0.000000601. The molecule has 0 spiro atoms. The zero-order chi connectivity index (χ0) is 34.5. The molecule has 1 aromatic heterocycles. The fourth-order valence-electron chi connectivity index (χ4n) is 3.13. The minimum absolute atomic E-state index is 0.0278. The van der Waals surface area contributed by atoms with Gasteiger partial charge in [0.05, 0.1) is 30.6 Å². The van der Waals surface area contributed by atoms with Crippen molar-refractivity contribution in [3.63, 3.8) is 0 Å². The lowest BCUT2D eigenvalue weighted by molar-refractivity contribution is -0.193. The maximum absolute atomic E-state index is 15.6. The Morgan fingerprint density at radius 2 is 1.51 bits per heavy atom. The number of nitrogens with two attached hydrogens (primary N) is 1. The first-order chi connectivity index (χ1) is 20.8. The highest BCUT2D eigenvalue weighted by Crippen LogP contribution is 2.38. The number of aliphatic carboxylic acids is 2. The van der Waals surface area contributed by atoms with E-state index in [-0.39, 0.29) is 17.7 Å². The number of carbonyl (C=O) groups is 2. The Morgan fingerprint density at radius 1 is 0.978 bits per heavy atom. The monoisotopic (exact) mass is 650 g/mol. The van der Waals surface area contributed by atoms with Crippen LogP contribution in [0.3, 0.4) is 0 Å². The van der Waals surface area contributed by atoms with Crippen LogP contribution in [0.1, 0.15) is 32.0 Å². The number of rotatable bonds is 9. The molecule has 0 amide bonds. The third-order valence-corrected chi connectivity index (χ3v) is 4.98. The number of carboxylic acids is 2. The predicted molar refractivity (Wildman–Crippen MR) is 148 cm³/mol. The van der Waals surface area contributed by atoms with Crippen molar-refractivity contribution in [1.82, 2.24) is 4.98 Å². The number of nitrogens with one attached hydrogen (secondary N) is 1. The number of ether oxygens (including phenoxy) is 2. The van der Waals surface area contributed by atoms with Crippen molar-refractivity contribution < 1.29 is 60.0 Å². The van der Waals surface area contributed by atoms with E-state index < -0.39 is 30.1 Å². The molecule has 5 N–H and O–H groups in total. The van der Waals surface area contributed by atoms with Crippen molar-refractivity contribution in [2.45, 2.75) is 45.8 Å². The molecule has 0 atom stereocenters. The SMILES string of the molecule is CCOc1cc(OC(C)C)c(F)c(N(Cc2ccccn2)c2ccc(C(=N)N)cc2)c1.O=C(O)C(F)(F)F.O=C(O)C(F)(F)F. The largest absolute Gasteiger partial charge is 0.494 e. The first kappa shape index (κ1) is 37.9. The van der Waals surface area contributed by atoms with Crippen LogP contribution in [0.2, 0.25) is 0 Å². The van der Waals surface area contributed by atoms with Crippen LogP contribution in [0, 0.1) is 11.2 Å². The number of hydrogen-bond donors (Lipinski definition) is 4. The number of anilines is 2. The maximum atomic E-state index is 15.6. The van der Waals surface area contributed by atoms with Gasteiger partial charge < -0.3 is 30.3 Å². The summed E-state index contributed by atoms with van der Waals surface area (Å²) < 4.78 is 90.5. The van der Waals surface area contributed by atoms with Crippen molar-refractivity contribution in [2.75, 3.05) is 11.5 Å². The van der Waals surface area contributed by atoms with Crippen molar-refractivity contribution in [2.24, 2.45) is 5.73 Å². The zero-order valence-corrected chi connectivity index (χ0v) is 23.9. The molecule has 1 heterocycles. The number of nitrogen functional groups attached to an aromatic ring is 1. The molecule has 45 heavy (non-hydrogen) atoms. The first-order valence-electron chi connectivity index (χ1n) is 12.6. The summed E-state index contributed by atoms with van der Waals surface area (Å²) in [5.74, 6) is -5.38. The molecule has 0 saturated carbocycles. The van der Waals surface area contributed by atoms with E-state index in [4.69, 9.17) is 40.4 Å². The molecule has 0 unspecified atom stereocenters. The number of carboxylic acid groups (broad SMARTS) is 2. The average molecular weight is 651 g/mol. The smallest absolute Gasteiger partial charge is 0.490 e. The number of hydrogen-bond acceptors (Lipinski definition) is 7. The molecular formula is C28H29F7N4O6. The van der Waals surface area contributed by atoms with Gasteiger partial charge in [-0.3, -0.25) is 10.4 Å². The Hall–Kier alpha value is -5.09. The number of nitrogens with zero attached hydrogens (tertiary/aromatic N) is 2. The van der Waals surface area contributed by atoms with E-state index in [0.717, 1.165) is 11.4 Å². The third-order valence-electron chi connectivity index (χ3n) is 4.98. The van der Waals surface area contributed by atoms with Gasteiger partial charge in [0.1, 0.15) is 11.6 Å². The quantitative estimate of drug-likeness (QED) is 0.119. The van der Waals surface area contributed by atoms with Gasteiger partial charge in [0.2, 0.25) is 0 Å². The number of alkyl halides is 6. The molecule has 0 bridgehead atoms. The van der Waals surface area contributed by atoms with Crippen LogP contribution in [0.25, 0.3) is 0 Å². The fourth-order valence-corrected chi connectivity index (χ4v) is 3.13. The molecule has 0 radical (unpaired) electrons. The van der Waals surface area contributed by atoms with Gasteiger partial charge in [0, 0.05) is 29.6 Å². The van der Waals surface area contributed by atoms with Crippen molar-refractivity contribution in [3.8, 4) is 11.5 Å². The lowest BCUT2D eigenvalue weighted by Gasteiger charge is -2.27. The molecule has 0 fully saturated rings. The van der Waals surface area contributed by atoms with Gasteiger partial charge >= 0.3 is 24.3 Å². The molecule has 0 aliphatic heterocycles. The van der Waals surface area contributed by atoms with Crippen molar-refractivity contribution in [1.29, 1.82) is 5.41 Å². The fraction of sp³-hybridized carbons (Fsp3) is 0.286. The number of benzene rings is 2. The molecular weight excluding hydrogens is 621 g/mol. The number of halogens is 7. The second-order valence-electron chi connectivity index (χ2n) is 8.83. The standard InChI is InChI=1S/C24H27FN4O2.2C2HF3O2/c1-4-30-20-13-21(23(25)22(14-20)31-16(2)3)29(15-18-7-5-6-12-28-18)19-10-8-17(9-11-19)24(26)27;2*3-2(4,5)1(6)7/h5-14,16H,4,15H2,1-3H3,(H3,26,27);2*(H,6,7). The summed E-state index contributed by atoms with van der Waals surface area (Å²) in [5.41, 5.74) is 7.97. The number of amidine groups is 1. The molecule has 10 nitrogen and oxygen atoms in total. The van der Waals surface area contributed by atoms with Crippen molar-refractivity contribution >= 4 is 29.1 Å². The summed E-state index contributed by atoms with van der Waals surface area (Å²) in [6.45, 7) is 6.34. The normalized spacial score (nSPS) is 10.9. The molecule has 3 aromatic rings. The second-order valence-corrected chi connectivity index (χ2v) is 8.83. The highest BCUT2D eigenvalue weighted by atomic mass is 19.4. The van der Waals surface area contributed by atoms with Gasteiger partial charge in [-0.25, -0.2) is 14.0 Å². The molecule has 0 saturated heterocycles. The van der Waals surface area contributed by atoms with Gasteiger partial charge in [-0.05, 0) is 57.2 Å². The molecule has 3 rings (SSSR count). The zero-order valence-electron chi connectivity index (χ0n) is 23.9. The highest BCUT2D eigenvalue weighted by Gasteiger charge is 2.38. The van der Waals surface area contributed by atoms with E-state index in [1.165, 1.54) is 0 Å². The first-order valence-corrected chi connectivity index (χ1v) is 12.6. The van der Waals surface area contributed by atoms with E-state index >= 15 is 4.39 Å².